The van der Waals surface area contributed by atoms with Crippen molar-refractivity contribution in [2.24, 2.45) is 0 Å². The van der Waals surface area contributed by atoms with Crippen molar-refractivity contribution in [1.82, 2.24) is 10.2 Å². The first-order chi connectivity index (χ1) is 7.15. The highest BCUT2D eigenvalue weighted by atomic mass is 16.3. The Balaban J connectivity index is 2.83. The van der Waals surface area contributed by atoms with Crippen LogP contribution in [0.15, 0.2) is 12.1 Å². The van der Waals surface area contributed by atoms with E-state index in [1.807, 2.05) is 6.07 Å². The number of aryl methyl sites for hydroxylation is 1. The van der Waals surface area contributed by atoms with Crippen molar-refractivity contribution in [3.63, 3.8) is 0 Å². The third kappa shape index (κ3) is 1.53. The summed E-state index contributed by atoms with van der Waals surface area (Å²) in [6.45, 7) is 6.41. The highest BCUT2D eigenvalue weighted by Crippen LogP contribution is 2.29. The monoisotopic (exact) mass is 204 g/mol. The van der Waals surface area contributed by atoms with Gasteiger partial charge in [0.2, 0.25) is 0 Å². The lowest BCUT2D eigenvalue weighted by molar-refractivity contribution is 0.278. The summed E-state index contributed by atoms with van der Waals surface area (Å²) in [6.07, 6.45) is 0. The molecule has 2 N–H and O–H groups in total. The molecule has 2 rings (SSSR count). The quantitative estimate of drug-likeness (QED) is 0.789. The van der Waals surface area contributed by atoms with Crippen molar-refractivity contribution in [1.29, 1.82) is 0 Å². The van der Waals surface area contributed by atoms with Gasteiger partial charge in [0.25, 0.3) is 0 Å². The van der Waals surface area contributed by atoms with Gasteiger partial charge in [-0.15, -0.1) is 0 Å². The number of aliphatic hydroxyl groups excluding tert-OH is 1. The summed E-state index contributed by atoms with van der Waals surface area (Å²) in [4.78, 5) is 0. The molecule has 2 aromatic rings. The molecule has 3 nitrogen and oxygen atoms in total. The number of hydrogen-bond acceptors (Lipinski definition) is 2. The number of nitrogens with zero attached hydrogens (tertiary/aromatic N) is 1. The normalized spacial score (nSPS) is 11.5. The maximum Gasteiger partial charge on any atom is 0.0957 e. The number of aromatic amines is 1. The standard InChI is InChI=1S/C12H16N2O/c1-7(2)11-8(3)4-5-9-12(11)10(6-15)14-13-9/h4-5,7,15H,6H2,1-3H3,(H,13,14). The largest absolute Gasteiger partial charge is 0.390 e. The third-order valence-electron chi connectivity index (χ3n) is 2.79. The van der Waals surface area contributed by atoms with Crippen molar-refractivity contribution in [3.05, 3.63) is 29.0 Å². The molecule has 3 heteroatoms. The maximum absolute atomic E-state index is 9.24. The minimum absolute atomic E-state index is 0.0107. The van der Waals surface area contributed by atoms with E-state index in [2.05, 4.69) is 37.0 Å². The van der Waals surface area contributed by atoms with Gasteiger partial charge in [0.1, 0.15) is 0 Å². The van der Waals surface area contributed by atoms with Crippen LogP contribution in [-0.2, 0) is 6.61 Å². The van der Waals surface area contributed by atoms with E-state index in [4.69, 9.17) is 0 Å². The first-order valence-corrected chi connectivity index (χ1v) is 5.22. The van der Waals surface area contributed by atoms with Crippen LogP contribution in [0.2, 0.25) is 0 Å². The van der Waals surface area contributed by atoms with E-state index in [1.54, 1.807) is 0 Å². The second kappa shape index (κ2) is 3.66. The minimum Gasteiger partial charge on any atom is -0.390 e. The number of rotatable bonds is 2. The van der Waals surface area contributed by atoms with Crippen LogP contribution < -0.4 is 0 Å². The van der Waals surface area contributed by atoms with E-state index in [-0.39, 0.29) is 6.61 Å². The smallest absolute Gasteiger partial charge is 0.0957 e. The third-order valence-corrected chi connectivity index (χ3v) is 2.79. The van der Waals surface area contributed by atoms with Crippen LogP contribution in [0.4, 0.5) is 0 Å². The Bertz CT molecular complexity index is 486. The number of fused-ring (bicyclic) bond motifs is 1. The predicted octanol–water partition coefficient (Wildman–Crippen LogP) is 2.49. The molecule has 0 amide bonds. The molecule has 1 aromatic heterocycles. The Kier molecular flexibility index (Phi) is 2.49. The Labute approximate surface area is 89.1 Å². The van der Waals surface area contributed by atoms with Crippen molar-refractivity contribution >= 4 is 10.9 Å². The number of nitrogens with one attached hydrogen (secondary N) is 1. The maximum atomic E-state index is 9.24. The highest BCUT2D eigenvalue weighted by molar-refractivity contribution is 5.86. The van der Waals surface area contributed by atoms with Gasteiger partial charge in [0.15, 0.2) is 0 Å². The second-order valence-corrected chi connectivity index (χ2v) is 4.20. The van der Waals surface area contributed by atoms with Gasteiger partial charge in [-0.3, -0.25) is 5.10 Å². The summed E-state index contributed by atoms with van der Waals surface area (Å²) in [6, 6.07) is 4.11. The average Bonchev–Trinajstić information content (AvgIpc) is 2.59. The fourth-order valence-corrected chi connectivity index (χ4v) is 2.17. The Hall–Kier alpha value is -1.35. The van der Waals surface area contributed by atoms with Crippen molar-refractivity contribution < 1.29 is 5.11 Å². The van der Waals surface area contributed by atoms with E-state index >= 15 is 0 Å². The van der Waals surface area contributed by atoms with E-state index in [0.29, 0.717) is 5.92 Å². The molecule has 0 aliphatic heterocycles. The zero-order valence-corrected chi connectivity index (χ0v) is 9.33. The summed E-state index contributed by atoms with van der Waals surface area (Å²) < 4.78 is 0. The molecule has 1 heterocycles. The Morgan fingerprint density at radius 3 is 2.73 bits per heavy atom. The van der Waals surface area contributed by atoms with Crippen molar-refractivity contribution in [2.45, 2.75) is 33.3 Å². The molecule has 0 saturated heterocycles. The molecule has 0 unspecified atom stereocenters. The summed E-state index contributed by atoms with van der Waals surface area (Å²) in [5.74, 6) is 0.441. The molecule has 0 fully saturated rings. The molecule has 0 bridgehead atoms. The molecular weight excluding hydrogens is 188 g/mol. The zero-order valence-electron chi connectivity index (χ0n) is 9.33. The van der Waals surface area contributed by atoms with Crippen LogP contribution >= 0.6 is 0 Å². The van der Waals surface area contributed by atoms with Crippen LogP contribution in [0.25, 0.3) is 10.9 Å². The van der Waals surface area contributed by atoms with Crippen LogP contribution in [0.1, 0.15) is 36.6 Å². The molecular formula is C12H16N2O. The second-order valence-electron chi connectivity index (χ2n) is 4.20. The van der Waals surface area contributed by atoms with Crippen molar-refractivity contribution in [2.75, 3.05) is 0 Å². The molecule has 0 aliphatic rings. The Morgan fingerprint density at radius 2 is 2.13 bits per heavy atom. The van der Waals surface area contributed by atoms with Crippen LogP contribution in [0, 0.1) is 6.92 Å². The first kappa shape index (κ1) is 10.2. The molecule has 15 heavy (non-hydrogen) atoms. The lowest BCUT2D eigenvalue weighted by atomic mass is 9.93. The summed E-state index contributed by atoms with van der Waals surface area (Å²) >= 11 is 0. The zero-order chi connectivity index (χ0) is 11.0. The van der Waals surface area contributed by atoms with E-state index in [9.17, 15) is 5.11 Å². The number of hydrogen-bond donors (Lipinski definition) is 2. The fourth-order valence-electron chi connectivity index (χ4n) is 2.17. The van der Waals surface area contributed by atoms with Gasteiger partial charge >= 0.3 is 0 Å². The fraction of sp³-hybridized carbons (Fsp3) is 0.417. The summed E-state index contributed by atoms with van der Waals surface area (Å²) in [5.41, 5.74) is 4.30. The van der Waals surface area contributed by atoms with Gasteiger partial charge in [-0.05, 0) is 30.0 Å². The molecule has 0 spiro atoms. The van der Waals surface area contributed by atoms with E-state index in [0.717, 1.165) is 16.6 Å². The van der Waals surface area contributed by atoms with Crippen molar-refractivity contribution in [3.8, 4) is 0 Å². The van der Waals surface area contributed by atoms with Crippen LogP contribution in [-0.4, -0.2) is 15.3 Å². The lowest BCUT2D eigenvalue weighted by Crippen LogP contribution is -1.95. The molecule has 0 radical (unpaired) electrons. The average molecular weight is 204 g/mol. The van der Waals surface area contributed by atoms with E-state index in [1.165, 1.54) is 11.1 Å². The lowest BCUT2D eigenvalue weighted by Gasteiger charge is -2.11. The summed E-state index contributed by atoms with van der Waals surface area (Å²) in [5, 5.41) is 17.4. The number of aromatic nitrogens is 2. The number of aliphatic hydroxyl groups is 1. The van der Waals surface area contributed by atoms with Gasteiger partial charge in [0.05, 0.1) is 17.8 Å². The topological polar surface area (TPSA) is 48.9 Å². The summed E-state index contributed by atoms with van der Waals surface area (Å²) in [7, 11) is 0. The van der Waals surface area contributed by atoms with Gasteiger partial charge in [0, 0.05) is 5.39 Å². The minimum atomic E-state index is -0.0107. The molecule has 1 aromatic carbocycles. The Morgan fingerprint density at radius 1 is 1.40 bits per heavy atom. The first-order valence-electron chi connectivity index (χ1n) is 5.22. The molecule has 0 aliphatic carbocycles. The number of benzene rings is 1. The molecule has 80 valence electrons. The van der Waals surface area contributed by atoms with Crippen LogP contribution in [0.5, 0.6) is 0 Å². The number of H-pyrrole nitrogens is 1. The SMILES string of the molecule is Cc1ccc2[nH]nc(CO)c2c1C(C)C. The van der Waals surface area contributed by atoms with Gasteiger partial charge in [-0.1, -0.05) is 19.9 Å². The molecule has 0 atom stereocenters. The predicted molar refractivity (Wildman–Crippen MR) is 60.8 cm³/mol. The van der Waals surface area contributed by atoms with Crippen LogP contribution in [0.3, 0.4) is 0 Å². The van der Waals surface area contributed by atoms with Gasteiger partial charge in [-0.25, -0.2) is 0 Å². The van der Waals surface area contributed by atoms with Gasteiger partial charge < -0.3 is 5.11 Å². The highest BCUT2D eigenvalue weighted by Gasteiger charge is 2.14. The van der Waals surface area contributed by atoms with E-state index < -0.39 is 0 Å². The molecule has 0 saturated carbocycles. The van der Waals surface area contributed by atoms with Gasteiger partial charge in [-0.2, -0.15) is 5.10 Å².